The van der Waals surface area contributed by atoms with Crippen LogP contribution in [0.1, 0.15) is 5.56 Å². The molecule has 1 aliphatic rings. The molecule has 0 aliphatic carbocycles. The molecule has 1 fully saturated rings. The molecule has 8 heteroatoms. The number of benzene rings is 1. The van der Waals surface area contributed by atoms with Crippen molar-refractivity contribution >= 4 is 52.1 Å². The molecule has 24 heavy (non-hydrogen) atoms. The Balaban J connectivity index is 2.13. The van der Waals surface area contributed by atoms with Crippen molar-refractivity contribution in [1.29, 1.82) is 0 Å². The van der Waals surface area contributed by atoms with Crippen LogP contribution in [0.3, 0.4) is 0 Å². The normalized spacial score (nSPS) is 16.8. The summed E-state index contributed by atoms with van der Waals surface area (Å²) >= 11 is 4.91. The number of hydrogen-bond acceptors (Lipinski definition) is 4. The molecule has 0 saturated carbocycles. The summed E-state index contributed by atoms with van der Waals surface area (Å²) < 4.78 is 1.56. The third kappa shape index (κ3) is 2.67. The fraction of sp³-hybridized carbons (Fsp3) is 0.125. The number of rotatable bonds is 3. The lowest BCUT2D eigenvalue weighted by Crippen LogP contribution is -2.52. The monoisotopic (exact) mass is 343 g/mol. The molecule has 2 heterocycles. The minimum Gasteiger partial charge on any atom is -0.480 e. The van der Waals surface area contributed by atoms with Gasteiger partial charge in [0.05, 0.1) is 0 Å². The molecular formula is C16H13N3O4S. The lowest BCUT2D eigenvalue weighted by Gasteiger charge is -2.24. The first-order valence-corrected chi connectivity index (χ1v) is 7.44. The predicted octanol–water partition coefficient (Wildman–Crippen LogP) is 0.982. The van der Waals surface area contributed by atoms with Gasteiger partial charge in [0, 0.05) is 29.7 Å². The molecule has 1 aromatic carbocycles. The van der Waals surface area contributed by atoms with Gasteiger partial charge in [0.1, 0.15) is 12.1 Å². The summed E-state index contributed by atoms with van der Waals surface area (Å²) in [5, 5.41) is 12.3. The highest BCUT2D eigenvalue weighted by atomic mass is 32.1. The van der Waals surface area contributed by atoms with Gasteiger partial charge in [0.25, 0.3) is 11.8 Å². The molecule has 0 atom stereocenters. The van der Waals surface area contributed by atoms with Crippen LogP contribution >= 0.6 is 12.2 Å². The maximum atomic E-state index is 12.3. The second-order valence-electron chi connectivity index (χ2n) is 5.30. The van der Waals surface area contributed by atoms with Gasteiger partial charge < -0.3 is 9.67 Å². The minimum atomic E-state index is -0.980. The Morgan fingerprint density at radius 1 is 1.33 bits per heavy atom. The Bertz CT molecular complexity index is 929. The van der Waals surface area contributed by atoms with E-state index in [-0.39, 0.29) is 17.2 Å². The first kappa shape index (κ1) is 15.9. The number of nitrogens with one attached hydrogen (secondary N) is 1. The summed E-state index contributed by atoms with van der Waals surface area (Å²) in [4.78, 5) is 36.5. The molecule has 2 N–H and O–H groups in total. The van der Waals surface area contributed by atoms with Crippen molar-refractivity contribution in [2.45, 2.75) is 6.54 Å². The van der Waals surface area contributed by atoms with Crippen LogP contribution in [0.2, 0.25) is 0 Å². The Hall–Kier alpha value is -3.00. The van der Waals surface area contributed by atoms with Crippen molar-refractivity contribution in [2.75, 3.05) is 7.05 Å². The molecular weight excluding hydrogens is 330 g/mol. The minimum absolute atomic E-state index is 0.0513. The average molecular weight is 343 g/mol. The number of likely N-dealkylation sites (N-methyl/N-ethyl adjacent to an activating group) is 1. The topological polar surface area (TPSA) is 91.6 Å². The number of thiocarbonyl (C=S) groups is 1. The number of carboxylic acid groups (broad SMARTS) is 1. The van der Waals surface area contributed by atoms with Gasteiger partial charge >= 0.3 is 5.97 Å². The van der Waals surface area contributed by atoms with Gasteiger partial charge in [-0.05, 0) is 24.4 Å². The maximum Gasteiger partial charge on any atom is 0.323 e. The van der Waals surface area contributed by atoms with Gasteiger partial charge in [-0.2, -0.15) is 0 Å². The molecule has 1 saturated heterocycles. The Kier molecular flexibility index (Phi) is 3.90. The number of carbonyl (C=O) groups is 3. The highest BCUT2D eigenvalue weighted by Gasteiger charge is 2.31. The van der Waals surface area contributed by atoms with E-state index in [1.807, 2.05) is 0 Å². The number of aromatic nitrogens is 1. The highest BCUT2D eigenvalue weighted by molar-refractivity contribution is 7.80. The zero-order chi connectivity index (χ0) is 17.4. The number of para-hydroxylation sites is 1. The van der Waals surface area contributed by atoms with Crippen LogP contribution in [0.5, 0.6) is 0 Å². The van der Waals surface area contributed by atoms with Crippen molar-refractivity contribution in [1.82, 2.24) is 14.8 Å². The van der Waals surface area contributed by atoms with E-state index in [2.05, 4.69) is 5.32 Å². The number of amides is 2. The van der Waals surface area contributed by atoms with E-state index in [0.29, 0.717) is 11.1 Å². The van der Waals surface area contributed by atoms with Crippen molar-refractivity contribution in [3.8, 4) is 0 Å². The number of aliphatic carboxylic acids is 1. The molecule has 1 aromatic heterocycles. The van der Waals surface area contributed by atoms with Gasteiger partial charge in [-0.25, -0.2) is 0 Å². The smallest absolute Gasteiger partial charge is 0.323 e. The molecule has 122 valence electrons. The average Bonchev–Trinajstić information content (AvgIpc) is 2.87. The Morgan fingerprint density at radius 2 is 2.04 bits per heavy atom. The number of hydrogen-bond donors (Lipinski definition) is 2. The van der Waals surface area contributed by atoms with Crippen LogP contribution in [0, 0.1) is 0 Å². The van der Waals surface area contributed by atoms with Crippen LogP contribution in [0.4, 0.5) is 0 Å². The third-order valence-electron chi connectivity index (χ3n) is 3.73. The number of fused-ring (bicyclic) bond motifs is 1. The van der Waals surface area contributed by atoms with Gasteiger partial charge in [-0.3, -0.25) is 24.6 Å². The molecule has 1 aliphatic heterocycles. The molecule has 3 rings (SSSR count). The van der Waals surface area contributed by atoms with Gasteiger partial charge in [0.2, 0.25) is 0 Å². The molecule has 2 aromatic rings. The maximum absolute atomic E-state index is 12.3. The lowest BCUT2D eigenvalue weighted by molar-refractivity contribution is -0.137. The Morgan fingerprint density at radius 3 is 2.75 bits per heavy atom. The first-order chi connectivity index (χ1) is 11.4. The largest absolute Gasteiger partial charge is 0.480 e. The van der Waals surface area contributed by atoms with Crippen molar-refractivity contribution < 1.29 is 19.5 Å². The van der Waals surface area contributed by atoms with Crippen LogP contribution in [-0.4, -0.2) is 44.5 Å². The van der Waals surface area contributed by atoms with E-state index in [4.69, 9.17) is 17.3 Å². The fourth-order valence-corrected chi connectivity index (χ4v) is 2.74. The molecule has 0 unspecified atom stereocenters. The van der Waals surface area contributed by atoms with E-state index in [9.17, 15) is 14.4 Å². The lowest BCUT2D eigenvalue weighted by atomic mass is 10.1. The van der Waals surface area contributed by atoms with E-state index in [1.165, 1.54) is 18.0 Å². The van der Waals surface area contributed by atoms with Gasteiger partial charge in [-0.15, -0.1) is 0 Å². The van der Waals surface area contributed by atoms with E-state index in [1.54, 1.807) is 35.0 Å². The van der Waals surface area contributed by atoms with Crippen LogP contribution in [0.25, 0.3) is 17.0 Å². The van der Waals surface area contributed by atoms with E-state index < -0.39 is 17.8 Å². The molecule has 2 amide bonds. The summed E-state index contributed by atoms with van der Waals surface area (Å²) in [6.07, 6.45) is 3.07. The van der Waals surface area contributed by atoms with E-state index >= 15 is 0 Å². The van der Waals surface area contributed by atoms with Crippen LogP contribution in [-0.2, 0) is 20.9 Å². The zero-order valence-corrected chi connectivity index (χ0v) is 13.5. The highest BCUT2D eigenvalue weighted by Crippen LogP contribution is 2.24. The summed E-state index contributed by atoms with van der Waals surface area (Å²) in [5.74, 6) is -2.05. The zero-order valence-electron chi connectivity index (χ0n) is 12.6. The Labute approximate surface area is 142 Å². The molecule has 0 bridgehead atoms. The van der Waals surface area contributed by atoms with Crippen molar-refractivity contribution in [3.63, 3.8) is 0 Å². The van der Waals surface area contributed by atoms with Gasteiger partial charge in [-0.1, -0.05) is 18.2 Å². The summed E-state index contributed by atoms with van der Waals surface area (Å²) in [5.41, 5.74) is 1.25. The standard InChI is InChI=1S/C16H13N3O4S/c1-18-15(23)11(14(22)17-16(18)24)6-9-7-19(8-13(20)21)12-5-3-2-4-10(9)12/h2-7H,8H2,1H3,(H,20,21)(H,17,22,24). The molecule has 7 nitrogen and oxygen atoms in total. The first-order valence-electron chi connectivity index (χ1n) is 7.03. The number of nitrogens with zero attached hydrogens (tertiary/aromatic N) is 2. The van der Waals surface area contributed by atoms with Crippen LogP contribution in [0.15, 0.2) is 36.0 Å². The van der Waals surface area contributed by atoms with Crippen molar-refractivity contribution in [3.05, 3.63) is 41.6 Å². The second-order valence-corrected chi connectivity index (χ2v) is 5.69. The number of carboxylic acids is 1. The summed E-state index contributed by atoms with van der Waals surface area (Å²) in [6, 6.07) is 7.19. The molecule has 0 radical (unpaired) electrons. The van der Waals surface area contributed by atoms with Gasteiger partial charge in [0.15, 0.2) is 5.11 Å². The SMILES string of the molecule is CN1C(=O)C(=Cc2cn(CC(=O)O)c3ccccc23)C(=O)NC1=S. The third-order valence-corrected chi connectivity index (χ3v) is 4.11. The van der Waals surface area contributed by atoms with Crippen LogP contribution < -0.4 is 5.32 Å². The predicted molar refractivity (Wildman–Crippen MR) is 91.1 cm³/mol. The quantitative estimate of drug-likeness (QED) is 0.492. The van der Waals surface area contributed by atoms with Crippen molar-refractivity contribution in [2.24, 2.45) is 0 Å². The summed E-state index contributed by atoms with van der Waals surface area (Å²) in [6.45, 7) is -0.214. The van der Waals surface area contributed by atoms with E-state index in [0.717, 1.165) is 5.39 Å². The summed E-state index contributed by atoms with van der Waals surface area (Å²) in [7, 11) is 1.48. The molecule has 0 spiro atoms. The number of carbonyl (C=O) groups excluding carboxylic acids is 2. The fourth-order valence-electron chi connectivity index (χ4n) is 2.57. The second kappa shape index (κ2) is 5.89.